The van der Waals surface area contributed by atoms with Crippen molar-refractivity contribution >= 4 is 5.97 Å². The van der Waals surface area contributed by atoms with Crippen LogP contribution in [0.1, 0.15) is 52.9 Å². The molecule has 1 saturated carbocycles. The Morgan fingerprint density at radius 3 is 2.75 bits per heavy atom. The van der Waals surface area contributed by atoms with Crippen molar-refractivity contribution in [3.8, 4) is 0 Å². The van der Waals surface area contributed by atoms with Crippen LogP contribution in [-0.2, 0) is 9.53 Å². The van der Waals surface area contributed by atoms with Gasteiger partial charge in [-0.15, -0.1) is 0 Å². The molecule has 1 heterocycles. The van der Waals surface area contributed by atoms with Gasteiger partial charge in [0.15, 0.2) is 0 Å². The van der Waals surface area contributed by atoms with E-state index in [1.165, 1.54) is 0 Å². The third-order valence-electron chi connectivity index (χ3n) is 7.33. The molecule has 4 nitrogen and oxygen atoms in total. The third kappa shape index (κ3) is 2.64. The van der Waals surface area contributed by atoms with E-state index in [0.717, 1.165) is 43.3 Å². The number of ether oxygens (including phenoxy) is 1. The van der Waals surface area contributed by atoms with E-state index in [-0.39, 0.29) is 23.4 Å². The van der Waals surface area contributed by atoms with Gasteiger partial charge in [0.2, 0.25) is 0 Å². The number of cyclic esters (lactones) is 1. The van der Waals surface area contributed by atoms with Crippen molar-refractivity contribution in [2.24, 2.45) is 22.7 Å². The number of hydrogen-bond acceptors (Lipinski definition) is 4. The number of fused-ring (bicyclic) bond motifs is 1. The van der Waals surface area contributed by atoms with Gasteiger partial charge in [0.05, 0.1) is 12.7 Å². The van der Waals surface area contributed by atoms with E-state index in [1.54, 1.807) is 6.08 Å². The van der Waals surface area contributed by atoms with Gasteiger partial charge >= 0.3 is 5.97 Å². The highest BCUT2D eigenvalue weighted by Gasteiger charge is 2.57. The normalized spacial score (nSPS) is 42.2. The minimum atomic E-state index is -0.403. The standard InChI is InChI=1S/C20H30O4/c1-13-9-17(22)20(3)15(11-21)5-4-6-16(20)19(13,2)8-7-14-10-18(23)24-12-14/h5,10,13,16-17,21-22H,4,6-9,11-12H2,1-3H3/t13-,16-,17+,19+,20+/m1/s1. The van der Waals surface area contributed by atoms with E-state index in [4.69, 9.17) is 4.74 Å². The van der Waals surface area contributed by atoms with Crippen LogP contribution in [-0.4, -0.2) is 35.5 Å². The van der Waals surface area contributed by atoms with E-state index in [0.29, 0.717) is 18.4 Å². The molecule has 2 N–H and O–H groups in total. The van der Waals surface area contributed by atoms with Gasteiger partial charge in [0.1, 0.15) is 6.61 Å². The zero-order chi connectivity index (χ0) is 17.5. The predicted molar refractivity (Wildman–Crippen MR) is 92.2 cm³/mol. The van der Waals surface area contributed by atoms with Crippen LogP contribution in [0.25, 0.3) is 0 Å². The van der Waals surface area contributed by atoms with Crippen molar-refractivity contribution < 1.29 is 19.7 Å². The molecule has 0 saturated heterocycles. The summed E-state index contributed by atoms with van der Waals surface area (Å²) >= 11 is 0. The monoisotopic (exact) mass is 334 g/mol. The Balaban J connectivity index is 1.87. The number of rotatable bonds is 4. The molecule has 4 heteroatoms. The fourth-order valence-corrected chi connectivity index (χ4v) is 5.46. The largest absolute Gasteiger partial charge is 0.458 e. The second-order valence-corrected chi connectivity index (χ2v) is 8.37. The minimum Gasteiger partial charge on any atom is -0.458 e. The molecule has 3 rings (SSSR count). The summed E-state index contributed by atoms with van der Waals surface area (Å²) in [6.45, 7) is 7.17. The molecule has 5 atom stereocenters. The number of aliphatic hydroxyl groups excluding tert-OH is 2. The zero-order valence-electron chi connectivity index (χ0n) is 15.0. The molecule has 0 amide bonds. The average Bonchev–Trinajstić information content (AvgIpc) is 2.97. The Hall–Kier alpha value is -1.13. The maximum atomic E-state index is 11.3. The number of allylic oxidation sites excluding steroid dienone is 1. The number of esters is 1. The van der Waals surface area contributed by atoms with Crippen molar-refractivity contribution in [3.63, 3.8) is 0 Å². The van der Waals surface area contributed by atoms with E-state index >= 15 is 0 Å². The average molecular weight is 334 g/mol. The Bertz CT molecular complexity index is 578. The SMILES string of the molecule is C[C@@H]1C[C@H](O)[C@@]2(C)C(CO)=CCC[C@@H]2[C@@]1(C)CCC1=CC(=O)OC1. The zero-order valence-corrected chi connectivity index (χ0v) is 15.0. The number of aliphatic hydroxyl groups is 2. The first-order valence-electron chi connectivity index (χ1n) is 9.17. The summed E-state index contributed by atoms with van der Waals surface area (Å²) in [6, 6.07) is 0. The third-order valence-corrected chi connectivity index (χ3v) is 7.33. The van der Waals surface area contributed by atoms with Gasteiger partial charge in [0, 0.05) is 11.5 Å². The van der Waals surface area contributed by atoms with Crippen molar-refractivity contribution in [2.75, 3.05) is 13.2 Å². The fourth-order valence-electron chi connectivity index (χ4n) is 5.46. The summed E-state index contributed by atoms with van der Waals surface area (Å²) in [5.41, 5.74) is 1.82. The Morgan fingerprint density at radius 2 is 2.12 bits per heavy atom. The number of carbonyl (C=O) groups is 1. The summed E-state index contributed by atoms with van der Waals surface area (Å²) < 4.78 is 5.03. The fraction of sp³-hybridized carbons (Fsp3) is 0.750. The van der Waals surface area contributed by atoms with Crippen molar-refractivity contribution in [1.82, 2.24) is 0 Å². The Morgan fingerprint density at radius 1 is 1.38 bits per heavy atom. The molecule has 134 valence electrons. The first kappa shape index (κ1) is 17.7. The number of hydrogen-bond donors (Lipinski definition) is 2. The van der Waals surface area contributed by atoms with E-state index in [2.05, 4.69) is 26.8 Å². The van der Waals surface area contributed by atoms with Crippen LogP contribution in [0.4, 0.5) is 0 Å². The van der Waals surface area contributed by atoms with Crippen molar-refractivity contribution in [3.05, 3.63) is 23.3 Å². The molecular weight excluding hydrogens is 304 g/mol. The smallest absolute Gasteiger partial charge is 0.331 e. The molecule has 0 bridgehead atoms. The van der Waals surface area contributed by atoms with Crippen LogP contribution < -0.4 is 0 Å². The van der Waals surface area contributed by atoms with Gasteiger partial charge in [-0.3, -0.25) is 0 Å². The van der Waals surface area contributed by atoms with E-state index in [9.17, 15) is 15.0 Å². The van der Waals surface area contributed by atoms with Gasteiger partial charge in [0.25, 0.3) is 0 Å². The van der Waals surface area contributed by atoms with Crippen LogP contribution in [0.15, 0.2) is 23.3 Å². The highest BCUT2D eigenvalue weighted by Crippen LogP contribution is 2.61. The second kappa shape index (κ2) is 6.30. The van der Waals surface area contributed by atoms with Crippen LogP contribution >= 0.6 is 0 Å². The molecule has 1 aliphatic heterocycles. The Kier molecular flexibility index (Phi) is 4.65. The maximum absolute atomic E-state index is 11.3. The molecule has 3 aliphatic rings. The number of carbonyl (C=O) groups excluding carboxylic acids is 1. The predicted octanol–water partition coefficient (Wildman–Crippen LogP) is 2.99. The lowest BCUT2D eigenvalue weighted by atomic mass is 9.46. The summed E-state index contributed by atoms with van der Waals surface area (Å²) in [5.74, 6) is 0.520. The quantitative estimate of drug-likeness (QED) is 0.613. The Labute approximate surface area is 144 Å². The minimum absolute atomic E-state index is 0.0298. The van der Waals surface area contributed by atoms with Crippen LogP contribution in [0, 0.1) is 22.7 Å². The molecule has 0 unspecified atom stereocenters. The van der Waals surface area contributed by atoms with Crippen LogP contribution in [0.2, 0.25) is 0 Å². The second-order valence-electron chi connectivity index (χ2n) is 8.37. The summed E-state index contributed by atoms with van der Waals surface area (Å²) in [4.78, 5) is 11.3. The molecule has 0 aromatic rings. The molecule has 0 spiro atoms. The maximum Gasteiger partial charge on any atom is 0.331 e. The first-order valence-corrected chi connectivity index (χ1v) is 9.17. The van der Waals surface area contributed by atoms with E-state index in [1.807, 2.05) is 0 Å². The van der Waals surface area contributed by atoms with Crippen molar-refractivity contribution in [2.45, 2.75) is 59.0 Å². The van der Waals surface area contributed by atoms with Crippen molar-refractivity contribution in [1.29, 1.82) is 0 Å². The lowest BCUT2D eigenvalue weighted by Gasteiger charge is -2.60. The first-order chi connectivity index (χ1) is 11.3. The summed E-state index contributed by atoms with van der Waals surface area (Å²) in [7, 11) is 0. The highest BCUT2D eigenvalue weighted by molar-refractivity contribution is 5.85. The molecular formula is C20H30O4. The highest BCUT2D eigenvalue weighted by atomic mass is 16.5. The van der Waals surface area contributed by atoms with Crippen LogP contribution in [0.3, 0.4) is 0 Å². The van der Waals surface area contributed by atoms with Gasteiger partial charge in [-0.25, -0.2) is 4.79 Å². The van der Waals surface area contributed by atoms with Gasteiger partial charge in [-0.1, -0.05) is 26.8 Å². The molecule has 0 aromatic heterocycles. The van der Waals surface area contributed by atoms with Gasteiger partial charge < -0.3 is 14.9 Å². The molecule has 2 aliphatic carbocycles. The molecule has 1 fully saturated rings. The van der Waals surface area contributed by atoms with E-state index < -0.39 is 6.10 Å². The van der Waals surface area contributed by atoms with Gasteiger partial charge in [-0.2, -0.15) is 0 Å². The molecule has 0 radical (unpaired) electrons. The van der Waals surface area contributed by atoms with Crippen LogP contribution in [0.5, 0.6) is 0 Å². The van der Waals surface area contributed by atoms with Gasteiger partial charge in [-0.05, 0) is 60.5 Å². The molecule has 0 aromatic carbocycles. The molecule has 24 heavy (non-hydrogen) atoms. The summed E-state index contributed by atoms with van der Waals surface area (Å²) in [5, 5.41) is 20.7. The topological polar surface area (TPSA) is 66.8 Å². The lowest BCUT2D eigenvalue weighted by Crippen LogP contribution is -2.57. The summed E-state index contributed by atoms with van der Waals surface area (Å²) in [6.07, 6.45) is 7.99. The lowest BCUT2D eigenvalue weighted by molar-refractivity contribution is -0.135.